The van der Waals surface area contributed by atoms with Crippen LogP contribution in [0.3, 0.4) is 0 Å². The largest absolute Gasteiger partial charge is 0.481 e. The van der Waals surface area contributed by atoms with E-state index >= 15 is 0 Å². The summed E-state index contributed by atoms with van der Waals surface area (Å²) in [6, 6.07) is 11.7. The van der Waals surface area contributed by atoms with E-state index in [1.165, 1.54) is 11.8 Å². The minimum Gasteiger partial charge on any atom is -0.481 e. The lowest BCUT2D eigenvalue weighted by Crippen LogP contribution is -1.99. The van der Waals surface area contributed by atoms with E-state index in [0.717, 1.165) is 25.7 Å². The molecule has 21 heavy (non-hydrogen) atoms. The number of aryl methyl sites for hydroxylation is 1. The van der Waals surface area contributed by atoms with Crippen molar-refractivity contribution in [2.45, 2.75) is 11.9 Å². The highest BCUT2D eigenvalue weighted by Gasteiger charge is 2.13. The van der Waals surface area contributed by atoms with Crippen LogP contribution in [-0.2, 0) is 4.79 Å². The summed E-state index contributed by atoms with van der Waals surface area (Å²) in [6.45, 7) is 2.01. The van der Waals surface area contributed by atoms with Crippen molar-refractivity contribution >= 4 is 39.3 Å². The van der Waals surface area contributed by atoms with Gasteiger partial charge in [0.2, 0.25) is 0 Å². The number of nitrogens with zero attached hydrogens (tertiary/aromatic N) is 2. The lowest BCUT2D eigenvalue weighted by molar-refractivity contribution is -0.133. The molecule has 0 aliphatic heterocycles. The van der Waals surface area contributed by atoms with Gasteiger partial charge in [-0.25, -0.2) is 9.97 Å². The van der Waals surface area contributed by atoms with Gasteiger partial charge in [0.15, 0.2) is 5.82 Å². The smallest absolute Gasteiger partial charge is 0.313 e. The van der Waals surface area contributed by atoms with Crippen molar-refractivity contribution in [3.05, 3.63) is 41.3 Å². The first-order chi connectivity index (χ1) is 10.1. The highest BCUT2D eigenvalue weighted by Crippen LogP contribution is 2.33. The maximum Gasteiger partial charge on any atom is 0.313 e. The molecule has 1 N–H and O–H groups in total. The molecule has 2 heterocycles. The van der Waals surface area contributed by atoms with Crippen molar-refractivity contribution in [3.8, 4) is 11.4 Å². The fourth-order valence-corrected chi connectivity index (χ4v) is 3.64. The maximum absolute atomic E-state index is 10.8. The van der Waals surface area contributed by atoms with Gasteiger partial charge in [-0.1, -0.05) is 42.1 Å². The number of rotatable bonds is 4. The summed E-state index contributed by atoms with van der Waals surface area (Å²) in [5.74, 6) is -0.215. The van der Waals surface area contributed by atoms with Gasteiger partial charge in [-0.15, -0.1) is 11.3 Å². The number of benzene rings is 1. The Bertz CT molecular complexity index is 800. The van der Waals surface area contributed by atoms with Gasteiger partial charge in [-0.05, 0) is 13.0 Å². The van der Waals surface area contributed by atoms with Crippen LogP contribution in [0.2, 0.25) is 0 Å². The third-order valence-corrected chi connectivity index (χ3v) is 4.77. The molecule has 3 rings (SSSR count). The molecule has 0 amide bonds. The fourth-order valence-electron chi connectivity index (χ4n) is 1.97. The molecule has 3 aromatic rings. The Morgan fingerprint density at radius 1 is 1.29 bits per heavy atom. The van der Waals surface area contributed by atoms with Crippen molar-refractivity contribution in [1.82, 2.24) is 9.97 Å². The molecule has 0 bridgehead atoms. The van der Waals surface area contributed by atoms with Crippen molar-refractivity contribution in [1.29, 1.82) is 0 Å². The minimum absolute atomic E-state index is 0.00472. The van der Waals surface area contributed by atoms with Crippen LogP contribution in [-0.4, -0.2) is 26.8 Å². The summed E-state index contributed by atoms with van der Waals surface area (Å²) in [5, 5.41) is 10.5. The minimum atomic E-state index is -0.847. The van der Waals surface area contributed by atoms with Gasteiger partial charge >= 0.3 is 5.97 Å². The highest BCUT2D eigenvalue weighted by molar-refractivity contribution is 8.00. The van der Waals surface area contributed by atoms with E-state index in [-0.39, 0.29) is 5.75 Å². The molecule has 0 saturated carbocycles. The third kappa shape index (κ3) is 3.06. The quantitative estimate of drug-likeness (QED) is 0.585. The average Bonchev–Trinajstić information content (AvgIpc) is 2.85. The standard InChI is InChI=1S/C15H12N2O2S2/c1-9-7-11-14(20-8-12(18)19)16-13(17-15(11)21-9)10-5-3-2-4-6-10/h2-7H,8H2,1H3,(H,18,19). The molecule has 0 atom stereocenters. The fraction of sp³-hybridized carbons (Fsp3) is 0.133. The molecule has 0 spiro atoms. The molecule has 106 valence electrons. The lowest BCUT2D eigenvalue weighted by Gasteiger charge is -2.04. The molecule has 6 heteroatoms. The molecule has 2 aromatic heterocycles. The van der Waals surface area contributed by atoms with E-state index in [9.17, 15) is 4.79 Å². The van der Waals surface area contributed by atoms with Gasteiger partial charge < -0.3 is 5.11 Å². The van der Waals surface area contributed by atoms with Crippen molar-refractivity contribution in [2.24, 2.45) is 0 Å². The van der Waals surface area contributed by atoms with Crippen LogP contribution < -0.4 is 0 Å². The molecule has 4 nitrogen and oxygen atoms in total. The number of aliphatic carboxylic acids is 1. The Labute approximate surface area is 129 Å². The van der Waals surface area contributed by atoms with Gasteiger partial charge in [0.05, 0.1) is 5.75 Å². The van der Waals surface area contributed by atoms with E-state index < -0.39 is 5.97 Å². The van der Waals surface area contributed by atoms with Gasteiger partial charge in [0.25, 0.3) is 0 Å². The van der Waals surface area contributed by atoms with Crippen LogP contribution in [0.5, 0.6) is 0 Å². The zero-order valence-electron chi connectivity index (χ0n) is 11.2. The number of hydrogen-bond acceptors (Lipinski definition) is 5. The SMILES string of the molecule is Cc1cc2c(SCC(=O)O)nc(-c3ccccc3)nc2s1. The molecular formula is C15H12N2O2S2. The summed E-state index contributed by atoms with van der Waals surface area (Å²) >= 11 is 2.83. The Morgan fingerprint density at radius 2 is 2.05 bits per heavy atom. The number of carboxylic acid groups (broad SMARTS) is 1. The highest BCUT2D eigenvalue weighted by atomic mass is 32.2. The van der Waals surface area contributed by atoms with Crippen LogP contribution >= 0.6 is 23.1 Å². The molecule has 0 radical (unpaired) electrons. The van der Waals surface area contributed by atoms with Crippen molar-refractivity contribution in [3.63, 3.8) is 0 Å². The number of aromatic nitrogens is 2. The van der Waals surface area contributed by atoms with Crippen LogP contribution in [0.25, 0.3) is 21.6 Å². The van der Waals surface area contributed by atoms with Crippen LogP contribution in [0.4, 0.5) is 0 Å². The van der Waals surface area contributed by atoms with Gasteiger partial charge in [0.1, 0.15) is 9.86 Å². The van der Waals surface area contributed by atoms with E-state index in [4.69, 9.17) is 5.11 Å². The van der Waals surface area contributed by atoms with E-state index in [2.05, 4.69) is 9.97 Å². The number of carbonyl (C=O) groups is 1. The Kier molecular flexibility index (Phi) is 3.90. The first-order valence-corrected chi connectivity index (χ1v) is 8.12. The summed E-state index contributed by atoms with van der Waals surface area (Å²) in [6.07, 6.45) is 0. The van der Waals surface area contributed by atoms with E-state index in [0.29, 0.717) is 5.82 Å². The number of thiophene rings is 1. The lowest BCUT2D eigenvalue weighted by atomic mass is 10.2. The van der Waals surface area contributed by atoms with Gasteiger partial charge in [-0.3, -0.25) is 4.79 Å². The third-order valence-electron chi connectivity index (χ3n) is 2.85. The summed E-state index contributed by atoms with van der Waals surface area (Å²) in [7, 11) is 0. The van der Waals surface area contributed by atoms with Gasteiger partial charge in [-0.2, -0.15) is 0 Å². The van der Waals surface area contributed by atoms with Crippen LogP contribution in [0.15, 0.2) is 41.4 Å². The van der Waals surface area contributed by atoms with E-state index in [1.54, 1.807) is 11.3 Å². The second kappa shape index (κ2) is 5.83. The van der Waals surface area contributed by atoms with Gasteiger partial charge in [0, 0.05) is 15.8 Å². The van der Waals surface area contributed by atoms with Crippen molar-refractivity contribution in [2.75, 3.05) is 5.75 Å². The summed E-state index contributed by atoms with van der Waals surface area (Å²) < 4.78 is 0. The topological polar surface area (TPSA) is 63.1 Å². The van der Waals surface area contributed by atoms with Crippen molar-refractivity contribution < 1.29 is 9.90 Å². The monoisotopic (exact) mass is 316 g/mol. The van der Waals surface area contributed by atoms with Crippen LogP contribution in [0.1, 0.15) is 4.88 Å². The molecule has 0 unspecified atom stereocenters. The molecule has 0 saturated heterocycles. The second-order valence-corrected chi connectivity index (χ2v) is 6.68. The molecular weight excluding hydrogens is 304 g/mol. The predicted molar refractivity (Wildman–Crippen MR) is 85.9 cm³/mol. The molecule has 0 fully saturated rings. The Hall–Kier alpha value is -1.92. The zero-order chi connectivity index (χ0) is 14.8. The molecule has 0 aliphatic carbocycles. The molecule has 1 aromatic carbocycles. The second-order valence-electron chi connectivity index (χ2n) is 4.48. The summed E-state index contributed by atoms with van der Waals surface area (Å²) in [5.41, 5.74) is 0.933. The summed E-state index contributed by atoms with van der Waals surface area (Å²) in [4.78, 5) is 22.0. The Balaban J connectivity index is 2.12. The Morgan fingerprint density at radius 3 is 2.76 bits per heavy atom. The number of fused-ring (bicyclic) bond motifs is 1. The zero-order valence-corrected chi connectivity index (χ0v) is 12.9. The number of carboxylic acids is 1. The van der Waals surface area contributed by atoms with E-state index in [1.807, 2.05) is 43.3 Å². The maximum atomic E-state index is 10.8. The average molecular weight is 316 g/mol. The molecule has 0 aliphatic rings. The predicted octanol–water partition coefficient (Wildman–Crippen LogP) is 3.84. The first-order valence-electron chi connectivity index (χ1n) is 6.31. The van der Waals surface area contributed by atoms with Crippen LogP contribution in [0, 0.1) is 6.92 Å². The number of hydrogen-bond donors (Lipinski definition) is 1. The first kappa shape index (κ1) is 14.0. The number of thioether (sulfide) groups is 1. The normalized spacial score (nSPS) is 10.9.